The van der Waals surface area contributed by atoms with E-state index in [0.29, 0.717) is 42.3 Å². The first-order valence-electron chi connectivity index (χ1n) is 14.0. The first-order chi connectivity index (χ1) is 18.6. The van der Waals surface area contributed by atoms with Crippen LogP contribution >= 0.6 is 0 Å². The van der Waals surface area contributed by atoms with Gasteiger partial charge in [-0.2, -0.15) is 0 Å². The van der Waals surface area contributed by atoms with E-state index in [0.717, 1.165) is 55.5 Å². The monoisotopic (exact) mass is 522 g/mol. The predicted molar refractivity (Wildman–Crippen MR) is 149 cm³/mol. The van der Waals surface area contributed by atoms with Crippen LogP contribution in [-0.4, -0.2) is 66.6 Å². The highest BCUT2D eigenvalue weighted by molar-refractivity contribution is 5.95. The largest absolute Gasteiger partial charge is 0.493 e. The maximum Gasteiger partial charge on any atom is 0.260 e. The number of unbranched alkanes of at least 4 members (excludes halogenated alkanes) is 1. The Morgan fingerprint density at radius 1 is 1.13 bits per heavy atom. The number of pyridine rings is 2. The Morgan fingerprint density at radius 2 is 1.97 bits per heavy atom. The summed E-state index contributed by atoms with van der Waals surface area (Å²) in [7, 11) is 1.60. The van der Waals surface area contributed by atoms with Gasteiger partial charge in [0, 0.05) is 50.3 Å². The second-order valence-corrected chi connectivity index (χ2v) is 10.6. The Bertz CT molecular complexity index is 1290. The highest BCUT2D eigenvalue weighted by Crippen LogP contribution is 2.36. The molecule has 0 aliphatic carbocycles. The Morgan fingerprint density at radius 3 is 2.74 bits per heavy atom. The smallest absolute Gasteiger partial charge is 0.260 e. The van der Waals surface area contributed by atoms with Crippen molar-refractivity contribution in [2.45, 2.75) is 57.8 Å². The molecular formula is C30H39FN4O3. The standard InChI is InChI=1S/C30H39FN4O3/c1-3-4-14-35-19-25(23-9-13-33-17-24(23)30(35)36)22-5-6-28(29(16-22)37-2)38-27-10-15-34(20-26(27)31)18-21-7-11-32-12-8-21/h5-6,9,13,16-17,19,21,26-27,32H,3-4,7-8,10-12,14-15,18,20H2,1-2H3/t26-,27?/m0/s1. The third-order valence-corrected chi connectivity index (χ3v) is 7.93. The molecule has 1 unspecified atom stereocenters. The summed E-state index contributed by atoms with van der Waals surface area (Å²) in [5.74, 6) is 1.75. The summed E-state index contributed by atoms with van der Waals surface area (Å²) in [6.07, 6.45) is 8.61. The van der Waals surface area contributed by atoms with Crippen LogP contribution in [0.2, 0.25) is 0 Å². The molecule has 0 bridgehead atoms. The summed E-state index contributed by atoms with van der Waals surface area (Å²) in [6, 6.07) is 7.61. The van der Waals surface area contributed by atoms with Gasteiger partial charge in [0.05, 0.1) is 12.5 Å². The van der Waals surface area contributed by atoms with Gasteiger partial charge in [0.15, 0.2) is 11.5 Å². The van der Waals surface area contributed by atoms with Crippen LogP contribution < -0.4 is 20.3 Å². The van der Waals surface area contributed by atoms with Crippen LogP contribution in [0.15, 0.2) is 47.7 Å². The summed E-state index contributed by atoms with van der Waals surface area (Å²) < 4.78 is 28.9. The second-order valence-electron chi connectivity index (χ2n) is 10.6. The van der Waals surface area contributed by atoms with E-state index < -0.39 is 12.3 Å². The zero-order chi connectivity index (χ0) is 26.5. The number of nitrogens with zero attached hydrogens (tertiary/aromatic N) is 3. The molecule has 0 amide bonds. The number of fused-ring (bicyclic) bond motifs is 1. The Kier molecular flexibility index (Phi) is 8.59. The summed E-state index contributed by atoms with van der Waals surface area (Å²) >= 11 is 0. The minimum Gasteiger partial charge on any atom is -0.493 e. The van der Waals surface area contributed by atoms with Crippen LogP contribution in [0.4, 0.5) is 4.39 Å². The van der Waals surface area contributed by atoms with Gasteiger partial charge in [0.1, 0.15) is 12.3 Å². The third kappa shape index (κ3) is 5.86. The van der Waals surface area contributed by atoms with Crippen molar-refractivity contribution in [2.75, 3.05) is 39.8 Å². The van der Waals surface area contributed by atoms with E-state index in [-0.39, 0.29) is 5.56 Å². The van der Waals surface area contributed by atoms with Crippen LogP contribution in [0.5, 0.6) is 11.5 Å². The van der Waals surface area contributed by atoms with E-state index in [2.05, 4.69) is 22.1 Å². The van der Waals surface area contributed by atoms with Crippen LogP contribution in [0, 0.1) is 5.92 Å². The van der Waals surface area contributed by atoms with Gasteiger partial charge in [-0.1, -0.05) is 19.4 Å². The number of likely N-dealkylation sites (tertiary alicyclic amines) is 1. The van der Waals surface area contributed by atoms with Crippen molar-refractivity contribution in [3.8, 4) is 22.6 Å². The van der Waals surface area contributed by atoms with E-state index in [1.165, 1.54) is 12.8 Å². The molecule has 38 heavy (non-hydrogen) atoms. The van der Waals surface area contributed by atoms with Gasteiger partial charge in [0.25, 0.3) is 5.56 Å². The SMILES string of the molecule is CCCCn1cc(-c2ccc(OC3CCN(CC4CCNCC4)C[C@@H]3F)c(OC)c2)c2ccncc2c1=O. The number of methoxy groups -OCH3 is 1. The number of aryl methyl sites for hydroxylation is 1. The molecule has 8 heteroatoms. The van der Waals surface area contributed by atoms with Crippen molar-refractivity contribution in [1.29, 1.82) is 0 Å². The molecule has 7 nitrogen and oxygen atoms in total. The minimum absolute atomic E-state index is 0.0299. The predicted octanol–water partition coefficient (Wildman–Crippen LogP) is 4.66. The zero-order valence-electron chi connectivity index (χ0n) is 22.5. The Labute approximate surface area is 224 Å². The second kappa shape index (κ2) is 12.3. The fourth-order valence-electron chi connectivity index (χ4n) is 5.73. The number of alkyl halides is 1. The quantitative estimate of drug-likeness (QED) is 0.441. The van der Waals surface area contributed by atoms with E-state index >= 15 is 4.39 Å². The van der Waals surface area contributed by atoms with Crippen LogP contribution in [-0.2, 0) is 6.54 Å². The van der Waals surface area contributed by atoms with Crippen molar-refractivity contribution in [3.05, 3.63) is 53.2 Å². The van der Waals surface area contributed by atoms with Crippen molar-refractivity contribution in [1.82, 2.24) is 19.8 Å². The molecule has 0 radical (unpaired) electrons. The number of nitrogens with one attached hydrogen (secondary N) is 1. The zero-order valence-corrected chi connectivity index (χ0v) is 22.5. The van der Waals surface area contributed by atoms with Crippen molar-refractivity contribution in [3.63, 3.8) is 0 Å². The molecule has 2 atom stereocenters. The van der Waals surface area contributed by atoms with Crippen molar-refractivity contribution in [2.24, 2.45) is 5.92 Å². The molecule has 3 aromatic rings. The minimum atomic E-state index is -1.05. The van der Waals surface area contributed by atoms with Gasteiger partial charge in [-0.15, -0.1) is 0 Å². The molecule has 0 spiro atoms. The number of ether oxygens (including phenoxy) is 2. The lowest BCUT2D eigenvalue weighted by Gasteiger charge is -2.37. The topological polar surface area (TPSA) is 68.6 Å². The fraction of sp³-hybridized carbons (Fsp3) is 0.533. The Balaban J connectivity index is 1.34. The summed E-state index contributed by atoms with van der Waals surface area (Å²) in [5.41, 5.74) is 1.81. The van der Waals surface area contributed by atoms with Gasteiger partial charge >= 0.3 is 0 Å². The molecule has 1 N–H and O–H groups in total. The lowest BCUT2D eigenvalue weighted by molar-refractivity contribution is 0.0138. The molecule has 2 saturated heterocycles. The van der Waals surface area contributed by atoms with Gasteiger partial charge in [0.2, 0.25) is 0 Å². The first-order valence-corrected chi connectivity index (χ1v) is 14.0. The molecule has 1 aromatic carbocycles. The maximum atomic E-state index is 15.2. The molecule has 2 fully saturated rings. The van der Waals surface area contributed by atoms with Crippen molar-refractivity contribution < 1.29 is 13.9 Å². The highest BCUT2D eigenvalue weighted by Gasteiger charge is 2.32. The number of rotatable bonds is 9. The maximum absolute atomic E-state index is 15.2. The van der Waals surface area contributed by atoms with Gasteiger partial charge in [-0.05, 0) is 73.8 Å². The normalized spacial score (nSPS) is 21.0. The summed E-state index contributed by atoms with van der Waals surface area (Å²) in [5, 5.41) is 4.84. The first kappa shape index (κ1) is 26.6. The van der Waals surface area contributed by atoms with Gasteiger partial charge in [-0.25, -0.2) is 4.39 Å². The number of hydrogen-bond acceptors (Lipinski definition) is 6. The third-order valence-electron chi connectivity index (χ3n) is 7.93. The van der Waals surface area contributed by atoms with Crippen molar-refractivity contribution >= 4 is 10.8 Å². The molecule has 2 aromatic heterocycles. The van der Waals surface area contributed by atoms with Crippen LogP contribution in [0.25, 0.3) is 21.9 Å². The molecule has 204 valence electrons. The van der Waals surface area contributed by atoms with E-state index in [4.69, 9.17) is 9.47 Å². The fourth-order valence-corrected chi connectivity index (χ4v) is 5.73. The Hall–Kier alpha value is -2.97. The highest BCUT2D eigenvalue weighted by atomic mass is 19.1. The molecular weight excluding hydrogens is 483 g/mol. The average molecular weight is 523 g/mol. The van der Waals surface area contributed by atoms with E-state index in [1.54, 1.807) is 24.1 Å². The molecule has 5 rings (SSSR count). The number of halogens is 1. The number of hydrogen-bond donors (Lipinski definition) is 1. The average Bonchev–Trinajstić information content (AvgIpc) is 2.95. The van der Waals surface area contributed by atoms with Crippen LogP contribution in [0.3, 0.4) is 0 Å². The molecule has 0 saturated carbocycles. The summed E-state index contributed by atoms with van der Waals surface area (Å²) in [4.78, 5) is 19.5. The van der Waals surface area contributed by atoms with E-state index in [1.807, 2.05) is 30.5 Å². The number of benzene rings is 1. The number of piperidine rings is 2. The molecule has 4 heterocycles. The lowest BCUT2D eigenvalue weighted by atomic mass is 9.96. The lowest BCUT2D eigenvalue weighted by Crippen LogP contribution is -2.49. The van der Waals surface area contributed by atoms with Gasteiger partial charge in [-0.3, -0.25) is 14.7 Å². The summed E-state index contributed by atoms with van der Waals surface area (Å²) in [6.45, 7) is 7.11. The van der Waals surface area contributed by atoms with Crippen LogP contribution in [0.1, 0.15) is 39.0 Å². The number of aromatic nitrogens is 2. The van der Waals surface area contributed by atoms with Gasteiger partial charge < -0.3 is 19.4 Å². The van der Waals surface area contributed by atoms with E-state index in [9.17, 15) is 4.79 Å². The molecule has 2 aliphatic rings. The molecule has 2 aliphatic heterocycles.